The summed E-state index contributed by atoms with van der Waals surface area (Å²) in [6, 6.07) is 29.5. The number of amidine groups is 1. The summed E-state index contributed by atoms with van der Waals surface area (Å²) < 4.78 is 1.82. The summed E-state index contributed by atoms with van der Waals surface area (Å²) in [5, 5.41) is 16.3. The molecule has 0 spiro atoms. The molecule has 1 fully saturated rings. The third-order valence-electron chi connectivity index (χ3n) is 4.90. The van der Waals surface area contributed by atoms with E-state index in [1.54, 1.807) is 6.21 Å². The molecule has 0 aliphatic carbocycles. The fraction of sp³-hybridized carbons (Fsp3) is 0. The first-order chi connectivity index (χ1) is 16.3. The summed E-state index contributed by atoms with van der Waals surface area (Å²) in [7, 11) is 0. The largest absolute Gasteiger partial charge is 0.299 e. The molecule has 1 saturated heterocycles. The van der Waals surface area contributed by atoms with Crippen molar-refractivity contribution in [2.75, 3.05) is 0 Å². The molecule has 7 heteroatoms. The highest BCUT2D eigenvalue weighted by atomic mass is 32.2. The molecule has 1 aromatic heterocycles. The number of para-hydroxylation sites is 1. The van der Waals surface area contributed by atoms with Gasteiger partial charge in [-0.2, -0.15) is 10.2 Å². The Hall–Kier alpha value is -4.23. The predicted octanol–water partition coefficient (Wildman–Crippen LogP) is 5.13. The fourth-order valence-corrected chi connectivity index (χ4v) is 4.10. The van der Waals surface area contributed by atoms with Gasteiger partial charge in [0.05, 0.1) is 22.5 Å². The van der Waals surface area contributed by atoms with Crippen LogP contribution in [0.15, 0.2) is 112 Å². The molecule has 2 heterocycles. The Morgan fingerprint density at radius 1 is 0.879 bits per heavy atom. The molecule has 0 unspecified atom stereocenters. The zero-order valence-corrected chi connectivity index (χ0v) is 18.3. The second-order valence-corrected chi connectivity index (χ2v) is 8.24. The van der Waals surface area contributed by atoms with Gasteiger partial charge in [0.2, 0.25) is 0 Å². The van der Waals surface area contributed by atoms with Crippen LogP contribution in [-0.2, 0) is 4.79 Å². The lowest BCUT2D eigenvalue weighted by Gasteiger charge is -2.00. The topological polar surface area (TPSA) is 71.6 Å². The lowest BCUT2D eigenvalue weighted by Crippen LogP contribution is -2.19. The van der Waals surface area contributed by atoms with Crippen molar-refractivity contribution in [2.45, 2.75) is 0 Å². The van der Waals surface area contributed by atoms with Crippen LogP contribution in [0.3, 0.4) is 0 Å². The molecule has 33 heavy (non-hydrogen) atoms. The highest BCUT2D eigenvalue weighted by Crippen LogP contribution is 2.30. The first-order valence-corrected chi connectivity index (χ1v) is 11.2. The van der Waals surface area contributed by atoms with Crippen molar-refractivity contribution in [3.63, 3.8) is 0 Å². The van der Waals surface area contributed by atoms with Crippen LogP contribution >= 0.6 is 11.8 Å². The molecule has 160 valence electrons. The lowest BCUT2D eigenvalue weighted by molar-refractivity contribution is -0.115. The van der Waals surface area contributed by atoms with E-state index < -0.39 is 0 Å². The number of benzene rings is 3. The van der Waals surface area contributed by atoms with Crippen molar-refractivity contribution < 1.29 is 4.79 Å². The molecule has 5 rings (SSSR count). The smallest absolute Gasteiger partial charge is 0.264 e. The quantitative estimate of drug-likeness (QED) is 0.261. The molecule has 1 N–H and O–H groups in total. The van der Waals surface area contributed by atoms with Crippen molar-refractivity contribution in [3.05, 3.63) is 113 Å². The summed E-state index contributed by atoms with van der Waals surface area (Å²) in [5.41, 5.74) is 4.50. The molecule has 0 saturated carbocycles. The summed E-state index contributed by atoms with van der Waals surface area (Å²) in [6.07, 6.45) is 5.43. The van der Waals surface area contributed by atoms with Gasteiger partial charge in [-0.15, -0.1) is 5.10 Å². The summed E-state index contributed by atoms with van der Waals surface area (Å²) in [5.74, 6) is -0.208. The Kier molecular flexibility index (Phi) is 5.95. The average molecular weight is 450 g/mol. The highest BCUT2D eigenvalue weighted by molar-refractivity contribution is 8.18. The van der Waals surface area contributed by atoms with Crippen molar-refractivity contribution in [1.29, 1.82) is 0 Å². The molecule has 0 bridgehead atoms. The van der Waals surface area contributed by atoms with Gasteiger partial charge in [0, 0.05) is 17.3 Å². The molecule has 0 atom stereocenters. The number of hydrogen-bond acceptors (Lipinski definition) is 5. The Balaban J connectivity index is 1.45. The maximum Gasteiger partial charge on any atom is 0.264 e. The van der Waals surface area contributed by atoms with Gasteiger partial charge in [0.15, 0.2) is 5.17 Å². The number of thioether (sulfide) groups is 1. The van der Waals surface area contributed by atoms with Crippen LogP contribution in [-0.4, -0.2) is 27.1 Å². The Morgan fingerprint density at radius 2 is 1.55 bits per heavy atom. The lowest BCUT2D eigenvalue weighted by atomic mass is 10.1. The van der Waals surface area contributed by atoms with Gasteiger partial charge >= 0.3 is 0 Å². The number of carbonyl (C=O) groups is 1. The van der Waals surface area contributed by atoms with E-state index in [2.05, 4.69) is 15.5 Å². The Labute approximate surface area is 195 Å². The fourth-order valence-electron chi connectivity index (χ4n) is 3.33. The van der Waals surface area contributed by atoms with Crippen molar-refractivity contribution in [3.8, 4) is 16.9 Å². The molecule has 0 radical (unpaired) electrons. The maximum atomic E-state index is 12.6. The van der Waals surface area contributed by atoms with E-state index in [1.807, 2.05) is 108 Å². The van der Waals surface area contributed by atoms with Gasteiger partial charge in [-0.25, -0.2) is 4.68 Å². The number of hydrogen-bond donors (Lipinski definition) is 1. The van der Waals surface area contributed by atoms with Crippen molar-refractivity contribution in [1.82, 2.24) is 15.1 Å². The van der Waals surface area contributed by atoms with E-state index in [1.165, 1.54) is 11.8 Å². The maximum absolute atomic E-state index is 12.6. The summed E-state index contributed by atoms with van der Waals surface area (Å²) in [6.45, 7) is 0. The van der Waals surface area contributed by atoms with Crippen LogP contribution < -0.4 is 5.32 Å². The van der Waals surface area contributed by atoms with E-state index in [9.17, 15) is 4.79 Å². The third-order valence-corrected chi connectivity index (χ3v) is 5.80. The molecular formula is C26H19N5OS. The van der Waals surface area contributed by atoms with E-state index in [0.717, 1.165) is 28.1 Å². The molecular weight excluding hydrogens is 430 g/mol. The second-order valence-electron chi connectivity index (χ2n) is 7.20. The zero-order valence-electron chi connectivity index (χ0n) is 17.5. The SMILES string of the molecule is O=C1NC(=NN=Cc2ccccc2)SC1=Cc1cn(-c2ccccc2)nc1-c1ccccc1. The standard InChI is InChI=1S/C26H19N5OS/c32-25-23(33-26(28-25)29-27-17-19-10-4-1-5-11-19)16-21-18-31(22-14-8-3-9-15-22)30-24(21)20-12-6-2-7-13-20/h1-18H,(H,28,29,32). The Morgan fingerprint density at radius 3 is 2.27 bits per heavy atom. The van der Waals surface area contributed by atoms with Gasteiger partial charge in [0.1, 0.15) is 0 Å². The second kappa shape index (κ2) is 9.50. The average Bonchev–Trinajstić information content (AvgIpc) is 3.44. The molecule has 6 nitrogen and oxygen atoms in total. The normalized spacial score (nSPS) is 16.1. The number of amides is 1. The minimum atomic E-state index is -0.208. The minimum Gasteiger partial charge on any atom is -0.299 e. The molecule has 1 aliphatic heterocycles. The van der Waals surface area contributed by atoms with E-state index >= 15 is 0 Å². The first-order valence-electron chi connectivity index (χ1n) is 10.3. The van der Waals surface area contributed by atoms with Crippen LogP contribution in [0.25, 0.3) is 23.0 Å². The monoisotopic (exact) mass is 449 g/mol. The van der Waals surface area contributed by atoms with Crippen LogP contribution in [0.5, 0.6) is 0 Å². The molecule has 3 aromatic carbocycles. The molecule has 1 aliphatic rings. The van der Waals surface area contributed by atoms with Gasteiger partial charge in [-0.05, 0) is 35.5 Å². The van der Waals surface area contributed by atoms with E-state index in [-0.39, 0.29) is 5.91 Å². The summed E-state index contributed by atoms with van der Waals surface area (Å²) >= 11 is 1.26. The molecule has 1 amide bonds. The molecule has 4 aromatic rings. The van der Waals surface area contributed by atoms with Gasteiger partial charge in [-0.3, -0.25) is 10.1 Å². The zero-order chi connectivity index (χ0) is 22.5. The predicted molar refractivity (Wildman–Crippen MR) is 134 cm³/mol. The van der Waals surface area contributed by atoms with Crippen LogP contribution in [0.1, 0.15) is 11.1 Å². The number of rotatable bonds is 5. The van der Waals surface area contributed by atoms with Crippen molar-refractivity contribution in [2.24, 2.45) is 10.2 Å². The number of nitrogens with zero attached hydrogens (tertiary/aromatic N) is 4. The van der Waals surface area contributed by atoms with Gasteiger partial charge in [0.25, 0.3) is 5.91 Å². The van der Waals surface area contributed by atoms with Gasteiger partial charge < -0.3 is 0 Å². The van der Waals surface area contributed by atoms with Crippen LogP contribution in [0.4, 0.5) is 0 Å². The van der Waals surface area contributed by atoms with E-state index in [4.69, 9.17) is 5.10 Å². The van der Waals surface area contributed by atoms with E-state index in [0.29, 0.717) is 10.1 Å². The number of aromatic nitrogens is 2. The summed E-state index contributed by atoms with van der Waals surface area (Å²) in [4.78, 5) is 13.1. The Bertz CT molecular complexity index is 1360. The third kappa shape index (κ3) is 4.83. The van der Waals surface area contributed by atoms with Crippen LogP contribution in [0, 0.1) is 0 Å². The van der Waals surface area contributed by atoms with Gasteiger partial charge in [-0.1, -0.05) is 78.9 Å². The number of carbonyl (C=O) groups excluding carboxylic acids is 1. The van der Waals surface area contributed by atoms with Crippen LogP contribution in [0.2, 0.25) is 0 Å². The minimum absolute atomic E-state index is 0.208. The number of nitrogens with one attached hydrogen (secondary N) is 1. The van der Waals surface area contributed by atoms with Crippen molar-refractivity contribution >= 4 is 35.1 Å². The first kappa shape index (κ1) is 20.7. The highest BCUT2D eigenvalue weighted by Gasteiger charge is 2.25.